The normalized spacial score (nSPS) is 12.1. The molecular formula is C13H21ClF2N2O2S. The van der Waals surface area contributed by atoms with Crippen molar-refractivity contribution in [3.63, 3.8) is 0 Å². The van der Waals surface area contributed by atoms with Crippen LogP contribution in [0.5, 0.6) is 0 Å². The summed E-state index contributed by atoms with van der Waals surface area (Å²) in [4.78, 5) is 0.0721. The van der Waals surface area contributed by atoms with Crippen molar-refractivity contribution < 1.29 is 17.2 Å². The van der Waals surface area contributed by atoms with Crippen molar-refractivity contribution in [1.29, 1.82) is 0 Å². The fourth-order valence-electron chi connectivity index (χ4n) is 1.93. The highest BCUT2D eigenvalue weighted by Gasteiger charge is 2.30. The van der Waals surface area contributed by atoms with E-state index in [4.69, 9.17) is 5.73 Å². The Morgan fingerprint density at radius 3 is 1.95 bits per heavy atom. The summed E-state index contributed by atoms with van der Waals surface area (Å²) in [5.74, 6) is -3.26. The first-order valence-electron chi connectivity index (χ1n) is 6.17. The lowest BCUT2D eigenvalue weighted by molar-refractivity contribution is 0.0170. The number of nitrogens with two attached hydrogens (primary N) is 1. The Morgan fingerprint density at radius 1 is 1.14 bits per heavy atom. The molecule has 0 saturated carbocycles. The van der Waals surface area contributed by atoms with E-state index in [9.17, 15) is 17.2 Å². The summed E-state index contributed by atoms with van der Waals surface area (Å²) in [5, 5.41) is 0. The molecular weight excluding hydrogens is 322 g/mol. The first-order chi connectivity index (χ1) is 9.02. The summed E-state index contributed by atoms with van der Waals surface area (Å²) in [7, 11) is -4.00. The van der Waals surface area contributed by atoms with E-state index < -0.39 is 29.0 Å². The van der Waals surface area contributed by atoms with Gasteiger partial charge in [0.15, 0.2) is 0 Å². The molecule has 0 atom stereocenters. The van der Waals surface area contributed by atoms with Crippen molar-refractivity contribution in [2.45, 2.75) is 38.5 Å². The number of rotatable bonds is 5. The van der Waals surface area contributed by atoms with Crippen molar-refractivity contribution in [2.24, 2.45) is 5.73 Å². The molecule has 122 valence electrons. The third kappa shape index (κ3) is 4.60. The summed E-state index contributed by atoms with van der Waals surface area (Å²) in [6.45, 7) is 5.00. The number of aryl methyl sites for hydroxylation is 2. The molecule has 1 aromatic carbocycles. The second-order valence-electron chi connectivity index (χ2n) is 4.97. The van der Waals surface area contributed by atoms with Crippen molar-refractivity contribution in [3.8, 4) is 0 Å². The molecule has 0 unspecified atom stereocenters. The van der Waals surface area contributed by atoms with Gasteiger partial charge >= 0.3 is 0 Å². The van der Waals surface area contributed by atoms with Gasteiger partial charge in [-0.2, -0.15) is 0 Å². The molecule has 8 heteroatoms. The smallest absolute Gasteiger partial charge is 0.273 e. The average Bonchev–Trinajstić information content (AvgIpc) is 2.34. The molecule has 0 amide bonds. The predicted octanol–water partition coefficient (Wildman–Crippen LogP) is 2.21. The van der Waals surface area contributed by atoms with Crippen LogP contribution in [0.1, 0.15) is 22.3 Å². The fourth-order valence-corrected chi connectivity index (χ4v) is 3.60. The van der Waals surface area contributed by atoms with Crippen LogP contribution in [-0.2, 0) is 10.0 Å². The lowest BCUT2D eigenvalue weighted by Crippen LogP contribution is -2.41. The number of alkyl halides is 2. The van der Waals surface area contributed by atoms with Crippen LogP contribution in [0.15, 0.2) is 11.0 Å². The minimum atomic E-state index is -4.00. The fraction of sp³-hybridized carbons (Fsp3) is 0.538. The standard InChI is InChI=1S/C13H20F2N2O2S.ClH/c1-8-5-9(2)11(4)12(10(8)3)20(18,19)17-7-13(14,15)6-16;/h5,17H,6-7,16H2,1-4H3;1H. The summed E-state index contributed by atoms with van der Waals surface area (Å²) < 4.78 is 52.7. The molecule has 4 nitrogen and oxygen atoms in total. The summed E-state index contributed by atoms with van der Waals surface area (Å²) in [6, 6.07) is 1.87. The number of hydrogen-bond acceptors (Lipinski definition) is 3. The van der Waals surface area contributed by atoms with Gasteiger partial charge in [0.2, 0.25) is 10.0 Å². The van der Waals surface area contributed by atoms with Gasteiger partial charge in [-0.3, -0.25) is 0 Å². The van der Waals surface area contributed by atoms with E-state index in [1.807, 2.05) is 10.8 Å². The molecule has 0 aromatic heterocycles. The van der Waals surface area contributed by atoms with Gasteiger partial charge in [-0.15, -0.1) is 12.4 Å². The van der Waals surface area contributed by atoms with E-state index in [1.165, 1.54) is 0 Å². The minimum absolute atomic E-state index is 0. The Kier molecular flexibility index (Phi) is 6.75. The van der Waals surface area contributed by atoms with E-state index in [0.29, 0.717) is 11.1 Å². The van der Waals surface area contributed by atoms with E-state index in [0.717, 1.165) is 11.1 Å². The van der Waals surface area contributed by atoms with Crippen molar-refractivity contribution in [3.05, 3.63) is 28.3 Å². The maximum Gasteiger partial charge on any atom is 0.273 e. The molecule has 0 aliphatic rings. The van der Waals surface area contributed by atoms with E-state index in [2.05, 4.69) is 0 Å². The van der Waals surface area contributed by atoms with Gasteiger partial charge in [0.05, 0.1) is 18.0 Å². The van der Waals surface area contributed by atoms with Crippen molar-refractivity contribution >= 4 is 22.4 Å². The number of halogens is 3. The quantitative estimate of drug-likeness (QED) is 0.861. The van der Waals surface area contributed by atoms with Crippen LogP contribution in [0.2, 0.25) is 0 Å². The highest BCUT2D eigenvalue weighted by atomic mass is 35.5. The van der Waals surface area contributed by atoms with Gasteiger partial charge in [0, 0.05) is 0 Å². The molecule has 0 fully saturated rings. The summed E-state index contributed by atoms with van der Waals surface area (Å²) in [6.07, 6.45) is 0. The SMILES string of the molecule is Cc1cc(C)c(C)c(S(=O)(=O)NCC(F)(F)CN)c1C.Cl. The molecule has 21 heavy (non-hydrogen) atoms. The minimum Gasteiger partial charge on any atom is -0.325 e. The van der Waals surface area contributed by atoms with E-state index >= 15 is 0 Å². The summed E-state index contributed by atoms with van der Waals surface area (Å²) in [5.41, 5.74) is 7.64. The van der Waals surface area contributed by atoms with Gasteiger partial charge in [-0.25, -0.2) is 21.9 Å². The zero-order valence-corrected chi connectivity index (χ0v) is 14.1. The maximum atomic E-state index is 13.1. The molecule has 3 N–H and O–H groups in total. The lowest BCUT2D eigenvalue weighted by atomic mass is 10.0. The zero-order chi connectivity index (χ0) is 15.7. The third-order valence-electron chi connectivity index (χ3n) is 3.39. The van der Waals surface area contributed by atoms with E-state index in [-0.39, 0.29) is 17.3 Å². The molecule has 1 aromatic rings. The highest BCUT2D eigenvalue weighted by molar-refractivity contribution is 7.89. The van der Waals surface area contributed by atoms with Gasteiger partial charge < -0.3 is 5.73 Å². The Bertz CT molecular complexity index is 593. The van der Waals surface area contributed by atoms with Crippen molar-refractivity contribution in [1.82, 2.24) is 4.72 Å². The molecule has 0 aliphatic heterocycles. The molecule has 0 aliphatic carbocycles. The molecule has 0 spiro atoms. The van der Waals surface area contributed by atoms with Crippen molar-refractivity contribution in [2.75, 3.05) is 13.1 Å². The average molecular weight is 343 g/mol. The Morgan fingerprint density at radius 2 is 1.57 bits per heavy atom. The number of hydrogen-bond donors (Lipinski definition) is 2. The van der Waals surface area contributed by atoms with Crippen LogP contribution in [0, 0.1) is 27.7 Å². The first kappa shape index (κ1) is 20.2. The third-order valence-corrected chi connectivity index (χ3v) is 5.06. The van der Waals surface area contributed by atoms with Crippen LogP contribution in [0.3, 0.4) is 0 Å². The Labute approximate surface area is 130 Å². The Hall–Kier alpha value is -0.760. The molecule has 0 heterocycles. The molecule has 1 rings (SSSR count). The molecule has 0 radical (unpaired) electrons. The number of benzene rings is 1. The second kappa shape index (κ2) is 7.00. The predicted molar refractivity (Wildman–Crippen MR) is 81.8 cm³/mol. The van der Waals surface area contributed by atoms with E-state index in [1.54, 1.807) is 27.7 Å². The van der Waals surface area contributed by atoms with Gasteiger partial charge in [-0.05, 0) is 49.9 Å². The van der Waals surface area contributed by atoms with Gasteiger partial charge in [-0.1, -0.05) is 6.07 Å². The number of sulfonamides is 1. The summed E-state index contributed by atoms with van der Waals surface area (Å²) >= 11 is 0. The van der Waals surface area contributed by atoms with Crippen LogP contribution < -0.4 is 10.5 Å². The van der Waals surface area contributed by atoms with Crippen LogP contribution >= 0.6 is 12.4 Å². The van der Waals surface area contributed by atoms with Crippen LogP contribution in [0.25, 0.3) is 0 Å². The zero-order valence-electron chi connectivity index (χ0n) is 12.5. The van der Waals surface area contributed by atoms with Gasteiger partial charge in [0.1, 0.15) is 0 Å². The topological polar surface area (TPSA) is 72.2 Å². The monoisotopic (exact) mass is 342 g/mol. The first-order valence-corrected chi connectivity index (χ1v) is 7.65. The molecule has 0 saturated heterocycles. The van der Waals surface area contributed by atoms with Crippen LogP contribution in [-0.4, -0.2) is 27.4 Å². The van der Waals surface area contributed by atoms with Crippen LogP contribution in [0.4, 0.5) is 8.78 Å². The largest absolute Gasteiger partial charge is 0.325 e. The lowest BCUT2D eigenvalue weighted by Gasteiger charge is -2.18. The highest BCUT2D eigenvalue weighted by Crippen LogP contribution is 2.26. The Balaban J connectivity index is 0.00000400. The maximum absolute atomic E-state index is 13.1. The second-order valence-corrected chi connectivity index (χ2v) is 6.68. The number of nitrogens with one attached hydrogen (secondary N) is 1. The molecule has 0 bridgehead atoms. The van der Waals surface area contributed by atoms with Gasteiger partial charge in [0.25, 0.3) is 5.92 Å².